The maximum Gasteiger partial charge on any atom is 0.227 e. The fourth-order valence-corrected chi connectivity index (χ4v) is 3.31. The normalized spacial score (nSPS) is 15.2. The van der Waals surface area contributed by atoms with Crippen molar-refractivity contribution in [2.24, 2.45) is 5.41 Å². The van der Waals surface area contributed by atoms with Gasteiger partial charge in [-0.05, 0) is 42.0 Å². The van der Waals surface area contributed by atoms with E-state index in [2.05, 4.69) is 20.8 Å². The Labute approximate surface area is 157 Å². The monoisotopic (exact) mass is 360 g/mol. The third-order valence-electron chi connectivity index (χ3n) is 4.86. The second kappa shape index (κ2) is 8.11. The molecule has 2 rings (SSSR count). The van der Waals surface area contributed by atoms with Gasteiger partial charge in [0.15, 0.2) is 0 Å². The first-order valence-corrected chi connectivity index (χ1v) is 9.30. The summed E-state index contributed by atoms with van der Waals surface area (Å²) in [7, 11) is 1.66. The van der Waals surface area contributed by atoms with E-state index in [4.69, 9.17) is 4.74 Å². The summed E-state index contributed by atoms with van der Waals surface area (Å²) in [5, 5.41) is 0. The molecule has 144 valence electrons. The lowest BCUT2D eigenvalue weighted by atomic mass is 9.91. The highest BCUT2D eigenvalue weighted by Gasteiger charge is 2.26. The van der Waals surface area contributed by atoms with Crippen LogP contribution in [0.3, 0.4) is 0 Å². The topological polar surface area (TPSA) is 49.9 Å². The lowest BCUT2D eigenvalue weighted by Gasteiger charge is -2.36. The molecular weight excluding hydrogens is 328 g/mol. The molecule has 26 heavy (non-hydrogen) atoms. The zero-order chi connectivity index (χ0) is 19.5. The number of aryl methyl sites for hydroxylation is 2. The zero-order valence-corrected chi connectivity index (χ0v) is 17.0. The van der Waals surface area contributed by atoms with Crippen LogP contribution in [0.5, 0.6) is 5.75 Å². The maximum atomic E-state index is 12.7. The Morgan fingerprint density at radius 1 is 0.962 bits per heavy atom. The van der Waals surface area contributed by atoms with Gasteiger partial charge in [0.2, 0.25) is 11.8 Å². The highest BCUT2D eigenvalue weighted by Crippen LogP contribution is 2.24. The molecule has 0 aliphatic carbocycles. The molecule has 0 N–H and O–H groups in total. The first-order valence-electron chi connectivity index (χ1n) is 9.30. The van der Waals surface area contributed by atoms with Gasteiger partial charge < -0.3 is 14.5 Å². The molecule has 5 nitrogen and oxygen atoms in total. The van der Waals surface area contributed by atoms with Crippen LogP contribution in [0.4, 0.5) is 0 Å². The fraction of sp³-hybridized carbons (Fsp3) is 0.619. The van der Waals surface area contributed by atoms with Gasteiger partial charge in [-0.25, -0.2) is 0 Å². The van der Waals surface area contributed by atoms with Gasteiger partial charge in [-0.2, -0.15) is 0 Å². The Morgan fingerprint density at radius 3 is 2.00 bits per heavy atom. The summed E-state index contributed by atoms with van der Waals surface area (Å²) in [5.74, 6) is 1.16. The Kier molecular flexibility index (Phi) is 6.32. The fourth-order valence-electron chi connectivity index (χ4n) is 3.31. The van der Waals surface area contributed by atoms with Gasteiger partial charge in [0.05, 0.1) is 13.5 Å². The molecule has 1 aliphatic rings. The summed E-state index contributed by atoms with van der Waals surface area (Å²) in [5.41, 5.74) is 3.14. The van der Waals surface area contributed by atoms with E-state index in [1.807, 2.05) is 35.8 Å². The van der Waals surface area contributed by atoms with E-state index in [1.54, 1.807) is 7.11 Å². The van der Waals surface area contributed by atoms with E-state index in [9.17, 15) is 9.59 Å². The third kappa shape index (κ3) is 5.23. The van der Waals surface area contributed by atoms with E-state index < -0.39 is 0 Å². The lowest BCUT2D eigenvalue weighted by Crippen LogP contribution is -2.51. The number of hydrogen-bond donors (Lipinski definition) is 0. The predicted molar refractivity (Wildman–Crippen MR) is 103 cm³/mol. The predicted octanol–water partition coefficient (Wildman–Crippen LogP) is 2.96. The SMILES string of the molecule is COc1cc(C)c(CC(=O)N2CCN(C(=O)CC(C)(C)C)CC2)cc1C. The molecule has 2 amide bonds. The van der Waals surface area contributed by atoms with Crippen LogP contribution >= 0.6 is 0 Å². The number of carbonyl (C=O) groups excluding carboxylic acids is 2. The minimum atomic E-state index is -0.00616. The Hall–Kier alpha value is -2.04. The summed E-state index contributed by atoms with van der Waals surface area (Å²) in [6, 6.07) is 4.02. The van der Waals surface area contributed by atoms with Gasteiger partial charge in [-0.3, -0.25) is 9.59 Å². The van der Waals surface area contributed by atoms with Crippen LogP contribution in [0.1, 0.15) is 43.9 Å². The minimum Gasteiger partial charge on any atom is -0.496 e. The second-order valence-corrected chi connectivity index (χ2v) is 8.42. The number of nitrogens with zero attached hydrogens (tertiary/aromatic N) is 2. The van der Waals surface area contributed by atoms with Crippen molar-refractivity contribution < 1.29 is 14.3 Å². The van der Waals surface area contributed by atoms with Crippen molar-refractivity contribution in [2.45, 2.75) is 47.5 Å². The number of carbonyl (C=O) groups is 2. The summed E-state index contributed by atoms with van der Waals surface area (Å²) in [4.78, 5) is 28.8. The molecule has 1 aromatic carbocycles. The first-order chi connectivity index (χ1) is 12.1. The van der Waals surface area contributed by atoms with Crippen LogP contribution in [0.2, 0.25) is 0 Å². The van der Waals surface area contributed by atoms with Crippen molar-refractivity contribution >= 4 is 11.8 Å². The molecule has 1 aromatic rings. The van der Waals surface area contributed by atoms with Crippen molar-refractivity contribution in [3.05, 3.63) is 28.8 Å². The Morgan fingerprint density at radius 2 is 1.50 bits per heavy atom. The molecule has 5 heteroatoms. The van der Waals surface area contributed by atoms with Crippen molar-refractivity contribution in [3.8, 4) is 5.75 Å². The summed E-state index contributed by atoms with van der Waals surface area (Å²) < 4.78 is 5.34. The molecular formula is C21H32N2O3. The standard InChI is InChI=1S/C21H32N2O3/c1-15-12-18(26-6)16(2)11-17(15)13-19(24)22-7-9-23(10-8-22)20(25)14-21(3,4)5/h11-12H,7-10,13-14H2,1-6H3. The largest absolute Gasteiger partial charge is 0.496 e. The lowest BCUT2D eigenvalue weighted by molar-refractivity contribution is -0.140. The van der Waals surface area contributed by atoms with Gasteiger partial charge in [-0.1, -0.05) is 26.8 Å². The number of ether oxygens (including phenoxy) is 1. The number of amides is 2. The third-order valence-corrected chi connectivity index (χ3v) is 4.86. The van der Waals surface area contributed by atoms with E-state index in [-0.39, 0.29) is 17.2 Å². The number of benzene rings is 1. The van der Waals surface area contributed by atoms with Crippen molar-refractivity contribution in [3.63, 3.8) is 0 Å². The average Bonchev–Trinajstić information content (AvgIpc) is 2.56. The number of methoxy groups -OCH3 is 1. The van der Waals surface area contributed by atoms with E-state index in [0.717, 1.165) is 22.4 Å². The van der Waals surface area contributed by atoms with Gasteiger partial charge in [-0.15, -0.1) is 0 Å². The summed E-state index contributed by atoms with van der Waals surface area (Å²) in [6.45, 7) is 12.7. The van der Waals surface area contributed by atoms with Crippen molar-refractivity contribution in [1.29, 1.82) is 0 Å². The van der Waals surface area contributed by atoms with Crippen LogP contribution in [-0.2, 0) is 16.0 Å². The quantitative estimate of drug-likeness (QED) is 0.829. The molecule has 0 radical (unpaired) electrons. The second-order valence-electron chi connectivity index (χ2n) is 8.42. The van der Waals surface area contributed by atoms with Gasteiger partial charge in [0, 0.05) is 32.6 Å². The van der Waals surface area contributed by atoms with E-state index >= 15 is 0 Å². The van der Waals surface area contributed by atoms with Crippen LogP contribution in [0.25, 0.3) is 0 Å². The van der Waals surface area contributed by atoms with Crippen LogP contribution in [-0.4, -0.2) is 54.9 Å². The number of rotatable bonds is 4. The zero-order valence-electron chi connectivity index (χ0n) is 17.0. The first kappa shape index (κ1) is 20.3. The minimum absolute atomic E-state index is 0.00616. The van der Waals surface area contributed by atoms with E-state index in [0.29, 0.717) is 39.0 Å². The molecule has 1 fully saturated rings. The van der Waals surface area contributed by atoms with Gasteiger partial charge >= 0.3 is 0 Å². The molecule has 0 saturated carbocycles. The molecule has 1 aliphatic heterocycles. The highest BCUT2D eigenvalue weighted by molar-refractivity contribution is 5.80. The van der Waals surface area contributed by atoms with Crippen LogP contribution in [0, 0.1) is 19.3 Å². The van der Waals surface area contributed by atoms with Crippen molar-refractivity contribution in [2.75, 3.05) is 33.3 Å². The molecule has 0 aromatic heterocycles. The molecule has 0 atom stereocenters. The van der Waals surface area contributed by atoms with Gasteiger partial charge in [0.1, 0.15) is 5.75 Å². The number of piperazine rings is 1. The maximum absolute atomic E-state index is 12.7. The molecule has 0 unspecified atom stereocenters. The molecule has 0 bridgehead atoms. The van der Waals surface area contributed by atoms with E-state index in [1.165, 1.54) is 0 Å². The summed E-state index contributed by atoms with van der Waals surface area (Å²) >= 11 is 0. The molecule has 1 saturated heterocycles. The molecule has 1 heterocycles. The Bertz CT molecular complexity index is 669. The Balaban J connectivity index is 1.93. The highest BCUT2D eigenvalue weighted by atomic mass is 16.5. The van der Waals surface area contributed by atoms with Crippen LogP contribution in [0.15, 0.2) is 12.1 Å². The average molecular weight is 360 g/mol. The van der Waals surface area contributed by atoms with Gasteiger partial charge in [0.25, 0.3) is 0 Å². The van der Waals surface area contributed by atoms with Crippen molar-refractivity contribution in [1.82, 2.24) is 9.80 Å². The molecule has 0 spiro atoms. The smallest absolute Gasteiger partial charge is 0.227 e. The van der Waals surface area contributed by atoms with Crippen LogP contribution < -0.4 is 4.74 Å². The number of hydrogen-bond acceptors (Lipinski definition) is 3. The summed E-state index contributed by atoms with van der Waals surface area (Å²) in [6.07, 6.45) is 0.942.